The monoisotopic (exact) mass is 228 g/mol. The second kappa shape index (κ2) is 6.58. The number of hydrogen-bond donors (Lipinski definition) is 1. The van der Waals surface area contributed by atoms with Crippen LogP contribution in [0.5, 0.6) is 0 Å². The third-order valence-electron chi connectivity index (χ3n) is 4.04. The highest BCUT2D eigenvalue weighted by atomic mass is 16.5. The maximum absolute atomic E-state index is 5.83. The van der Waals surface area contributed by atoms with Crippen molar-refractivity contribution in [2.75, 3.05) is 33.2 Å². The molecule has 0 saturated carbocycles. The highest BCUT2D eigenvalue weighted by Gasteiger charge is 2.36. The molecule has 3 nitrogen and oxygen atoms in total. The SMILES string of the molecule is CCN(C)CCNCC1C(C)OC(C)C1C. The van der Waals surface area contributed by atoms with Gasteiger partial charge in [-0.25, -0.2) is 0 Å². The first-order valence-electron chi connectivity index (χ1n) is 6.61. The number of nitrogens with zero attached hydrogens (tertiary/aromatic N) is 1. The van der Waals surface area contributed by atoms with E-state index in [4.69, 9.17) is 4.74 Å². The molecule has 1 aliphatic heterocycles. The normalized spacial score (nSPS) is 34.9. The van der Waals surface area contributed by atoms with E-state index in [-0.39, 0.29) is 0 Å². The number of likely N-dealkylation sites (N-methyl/N-ethyl adjacent to an activating group) is 1. The lowest BCUT2D eigenvalue weighted by atomic mass is 9.89. The third-order valence-corrected chi connectivity index (χ3v) is 4.04. The van der Waals surface area contributed by atoms with E-state index in [1.807, 2.05) is 0 Å². The maximum Gasteiger partial charge on any atom is 0.0594 e. The standard InChI is InChI=1S/C13H28N2O/c1-6-15(5)8-7-14-9-13-10(2)11(3)16-12(13)4/h10-14H,6-9H2,1-5H3. The lowest BCUT2D eigenvalue weighted by molar-refractivity contribution is 0.0511. The average molecular weight is 228 g/mol. The van der Waals surface area contributed by atoms with Crippen molar-refractivity contribution in [3.05, 3.63) is 0 Å². The molecule has 0 radical (unpaired) electrons. The molecule has 0 aliphatic carbocycles. The minimum absolute atomic E-state index is 0.404. The molecule has 3 heteroatoms. The summed E-state index contributed by atoms with van der Waals surface area (Å²) < 4.78 is 5.83. The predicted molar refractivity (Wildman–Crippen MR) is 68.7 cm³/mol. The van der Waals surface area contributed by atoms with Gasteiger partial charge >= 0.3 is 0 Å². The van der Waals surface area contributed by atoms with Crippen LogP contribution in [-0.4, -0.2) is 50.3 Å². The van der Waals surface area contributed by atoms with Crippen LogP contribution in [0.25, 0.3) is 0 Å². The van der Waals surface area contributed by atoms with E-state index in [0.29, 0.717) is 24.0 Å². The largest absolute Gasteiger partial charge is 0.375 e. The van der Waals surface area contributed by atoms with E-state index in [0.717, 1.165) is 26.2 Å². The summed E-state index contributed by atoms with van der Waals surface area (Å²) in [6.45, 7) is 13.3. The van der Waals surface area contributed by atoms with Gasteiger partial charge in [0.25, 0.3) is 0 Å². The summed E-state index contributed by atoms with van der Waals surface area (Å²) in [6, 6.07) is 0. The second-order valence-corrected chi connectivity index (χ2v) is 5.17. The van der Waals surface area contributed by atoms with Crippen LogP contribution >= 0.6 is 0 Å². The Morgan fingerprint density at radius 3 is 2.38 bits per heavy atom. The second-order valence-electron chi connectivity index (χ2n) is 5.17. The smallest absolute Gasteiger partial charge is 0.0594 e. The molecule has 0 amide bonds. The van der Waals surface area contributed by atoms with Crippen molar-refractivity contribution in [1.29, 1.82) is 0 Å². The highest BCUT2D eigenvalue weighted by Crippen LogP contribution is 2.31. The quantitative estimate of drug-likeness (QED) is 0.699. The molecule has 1 heterocycles. The fourth-order valence-electron chi connectivity index (χ4n) is 2.39. The lowest BCUT2D eigenvalue weighted by Gasteiger charge is -2.20. The van der Waals surface area contributed by atoms with Crippen LogP contribution in [0.15, 0.2) is 0 Å². The molecule has 4 atom stereocenters. The van der Waals surface area contributed by atoms with E-state index >= 15 is 0 Å². The number of nitrogens with one attached hydrogen (secondary N) is 1. The fourth-order valence-corrected chi connectivity index (χ4v) is 2.39. The van der Waals surface area contributed by atoms with Gasteiger partial charge in [0.15, 0.2) is 0 Å². The first kappa shape index (κ1) is 13.9. The van der Waals surface area contributed by atoms with Gasteiger partial charge in [-0.1, -0.05) is 13.8 Å². The summed E-state index contributed by atoms with van der Waals surface area (Å²) in [5.41, 5.74) is 0. The zero-order valence-electron chi connectivity index (χ0n) is 11.5. The first-order valence-corrected chi connectivity index (χ1v) is 6.61. The molecular weight excluding hydrogens is 200 g/mol. The van der Waals surface area contributed by atoms with Crippen molar-refractivity contribution in [3.8, 4) is 0 Å². The van der Waals surface area contributed by atoms with Crippen molar-refractivity contribution in [1.82, 2.24) is 10.2 Å². The molecule has 0 bridgehead atoms. The minimum Gasteiger partial charge on any atom is -0.375 e. The van der Waals surface area contributed by atoms with Crippen molar-refractivity contribution in [2.45, 2.75) is 39.9 Å². The Hall–Kier alpha value is -0.120. The summed E-state index contributed by atoms with van der Waals surface area (Å²) in [5.74, 6) is 1.34. The minimum atomic E-state index is 0.404. The average Bonchev–Trinajstić information content (AvgIpc) is 2.49. The maximum atomic E-state index is 5.83. The van der Waals surface area contributed by atoms with Crippen LogP contribution in [0.2, 0.25) is 0 Å². The Labute approximate surface area is 101 Å². The number of ether oxygens (including phenoxy) is 1. The van der Waals surface area contributed by atoms with Crippen molar-refractivity contribution >= 4 is 0 Å². The molecule has 1 N–H and O–H groups in total. The lowest BCUT2D eigenvalue weighted by Crippen LogP contribution is -2.35. The van der Waals surface area contributed by atoms with Gasteiger partial charge in [0.1, 0.15) is 0 Å². The first-order chi connectivity index (χ1) is 7.56. The van der Waals surface area contributed by atoms with Gasteiger partial charge in [0.2, 0.25) is 0 Å². The van der Waals surface area contributed by atoms with Crippen LogP contribution < -0.4 is 5.32 Å². The van der Waals surface area contributed by atoms with Gasteiger partial charge in [-0.15, -0.1) is 0 Å². The zero-order chi connectivity index (χ0) is 12.1. The molecule has 1 aliphatic rings. The molecule has 0 aromatic rings. The molecular formula is C13H28N2O. The van der Waals surface area contributed by atoms with Crippen LogP contribution in [-0.2, 0) is 4.74 Å². The van der Waals surface area contributed by atoms with E-state index in [2.05, 4.69) is 45.0 Å². The molecule has 16 heavy (non-hydrogen) atoms. The van der Waals surface area contributed by atoms with Crippen molar-refractivity contribution < 1.29 is 4.74 Å². The Kier molecular flexibility index (Phi) is 5.73. The van der Waals surface area contributed by atoms with Crippen LogP contribution in [0, 0.1) is 11.8 Å². The molecule has 1 rings (SSSR count). The van der Waals surface area contributed by atoms with Gasteiger partial charge in [-0.2, -0.15) is 0 Å². The van der Waals surface area contributed by atoms with Crippen LogP contribution in [0.3, 0.4) is 0 Å². The molecule has 4 unspecified atom stereocenters. The summed E-state index contributed by atoms with van der Waals surface area (Å²) in [6.07, 6.45) is 0.821. The van der Waals surface area contributed by atoms with Crippen molar-refractivity contribution in [2.24, 2.45) is 11.8 Å². The summed E-state index contributed by atoms with van der Waals surface area (Å²) in [7, 11) is 2.16. The Bertz CT molecular complexity index is 198. The van der Waals surface area contributed by atoms with E-state index in [1.165, 1.54) is 0 Å². The van der Waals surface area contributed by atoms with Crippen LogP contribution in [0.4, 0.5) is 0 Å². The summed E-state index contributed by atoms with van der Waals surface area (Å²) >= 11 is 0. The number of hydrogen-bond acceptors (Lipinski definition) is 3. The Morgan fingerprint density at radius 2 is 1.88 bits per heavy atom. The van der Waals surface area contributed by atoms with Gasteiger partial charge in [-0.05, 0) is 33.4 Å². The topological polar surface area (TPSA) is 24.5 Å². The van der Waals surface area contributed by atoms with Gasteiger partial charge in [0.05, 0.1) is 12.2 Å². The molecule has 1 fully saturated rings. The summed E-state index contributed by atoms with van der Waals surface area (Å²) in [5, 5.41) is 3.55. The third kappa shape index (κ3) is 3.72. The predicted octanol–water partition coefficient (Wildman–Crippen LogP) is 1.59. The number of rotatable bonds is 6. The van der Waals surface area contributed by atoms with E-state index in [1.54, 1.807) is 0 Å². The van der Waals surface area contributed by atoms with E-state index < -0.39 is 0 Å². The molecule has 0 aromatic heterocycles. The Morgan fingerprint density at radius 1 is 1.19 bits per heavy atom. The van der Waals surface area contributed by atoms with Gasteiger partial charge < -0.3 is 15.0 Å². The van der Waals surface area contributed by atoms with Gasteiger partial charge in [-0.3, -0.25) is 0 Å². The fraction of sp³-hybridized carbons (Fsp3) is 1.00. The van der Waals surface area contributed by atoms with Crippen molar-refractivity contribution in [3.63, 3.8) is 0 Å². The Balaban J connectivity index is 2.17. The van der Waals surface area contributed by atoms with Crippen LogP contribution in [0.1, 0.15) is 27.7 Å². The highest BCUT2D eigenvalue weighted by molar-refractivity contribution is 4.85. The zero-order valence-corrected chi connectivity index (χ0v) is 11.5. The summed E-state index contributed by atoms with van der Waals surface area (Å²) in [4.78, 5) is 2.33. The molecule has 0 spiro atoms. The van der Waals surface area contributed by atoms with E-state index in [9.17, 15) is 0 Å². The molecule has 0 aromatic carbocycles. The molecule has 96 valence electrons. The molecule has 1 saturated heterocycles. The van der Waals surface area contributed by atoms with Gasteiger partial charge in [0, 0.05) is 25.6 Å².